The molecule has 0 bridgehead atoms. The molecule has 0 fully saturated rings. The van der Waals surface area contributed by atoms with Crippen LogP contribution in [0.15, 0.2) is 0 Å². The maximum atomic E-state index is 13.2. The topological polar surface area (TPSA) is 94.6 Å². The van der Waals surface area contributed by atoms with Gasteiger partial charge in [-0.1, -0.05) is 190 Å². The Morgan fingerprint density at radius 2 is 0.683 bits per heavy atom. The molecule has 0 radical (unpaired) electrons. The minimum Gasteiger partial charge on any atom is -0.465 e. The van der Waals surface area contributed by atoms with Crippen LogP contribution in [0.5, 0.6) is 0 Å². The van der Waals surface area contributed by atoms with Gasteiger partial charge in [-0.25, -0.2) is 4.79 Å². The summed E-state index contributed by atoms with van der Waals surface area (Å²) < 4.78 is 23.3. The van der Waals surface area contributed by atoms with Crippen molar-refractivity contribution in [2.45, 2.75) is 260 Å². The Balaban J connectivity index is 5.08. The Bertz CT molecular complexity index is 981. The van der Waals surface area contributed by atoms with Crippen molar-refractivity contribution in [2.24, 2.45) is 11.8 Å². The first kappa shape index (κ1) is 61.1. The van der Waals surface area contributed by atoms with Crippen molar-refractivity contribution in [3.05, 3.63) is 0 Å². The first-order valence-electron chi connectivity index (χ1n) is 27.4. The van der Waals surface area contributed by atoms with Gasteiger partial charge in [0.2, 0.25) is 0 Å². The second kappa shape index (κ2) is 46.7. The van der Waals surface area contributed by atoms with Crippen molar-refractivity contribution in [1.82, 2.24) is 9.80 Å². The number of esters is 2. The maximum absolute atomic E-state index is 13.2. The van der Waals surface area contributed by atoms with Crippen LogP contribution in [0.4, 0.5) is 4.79 Å². The summed E-state index contributed by atoms with van der Waals surface area (Å²) in [6.45, 7) is 22.3. The van der Waals surface area contributed by atoms with Crippen LogP contribution >= 0.6 is 0 Å². The van der Waals surface area contributed by atoms with E-state index in [1.165, 1.54) is 103 Å². The first-order chi connectivity index (χ1) is 30.8. The molecule has 0 rings (SSSR count). The molecule has 0 aromatic carbocycles. The fourth-order valence-corrected chi connectivity index (χ4v) is 8.56. The van der Waals surface area contributed by atoms with E-state index < -0.39 is 6.16 Å². The summed E-state index contributed by atoms with van der Waals surface area (Å²) in [6.07, 6.45) is 33.9. The number of ether oxygens (including phenoxy) is 4. The van der Waals surface area contributed by atoms with Crippen LogP contribution in [0.1, 0.15) is 254 Å². The lowest BCUT2D eigenvalue weighted by molar-refractivity contribution is -0.150. The number of carbonyl (C=O) groups is 3. The van der Waals surface area contributed by atoms with Gasteiger partial charge in [-0.2, -0.15) is 0 Å². The Morgan fingerprint density at radius 1 is 0.349 bits per heavy atom. The first-order valence-corrected chi connectivity index (χ1v) is 27.4. The Kier molecular flexibility index (Phi) is 45.3. The highest BCUT2D eigenvalue weighted by Gasteiger charge is 2.21. The van der Waals surface area contributed by atoms with Gasteiger partial charge < -0.3 is 23.8 Å². The van der Waals surface area contributed by atoms with E-state index >= 15 is 0 Å². The molecule has 0 aliphatic rings. The monoisotopic (exact) mass is 895 g/mol. The number of hydrogen-bond acceptors (Lipinski definition) is 9. The summed E-state index contributed by atoms with van der Waals surface area (Å²) >= 11 is 0. The molecule has 0 aromatic rings. The van der Waals surface area contributed by atoms with Crippen molar-refractivity contribution in [3.63, 3.8) is 0 Å². The zero-order valence-electron chi connectivity index (χ0n) is 43.0. The average Bonchev–Trinajstić information content (AvgIpc) is 3.28. The molecule has 9 heteroatoms. The van der Waals surface area contributed by atoms with Gasteiger partial charge in [0.15, 0.2) is 0 Å². The summed E-state index contributed by atoms with van der Waals surface area (Å²) in [7, 11) is 0. The molecule has 0 saturated heterocycles. The molecule has 0 N–H and O–H groups in total. The SMILES string of the molecule is CCCCCCCC(CCCCCCC)C(=O)OCCCCCCC(CCCCOC(=O)C(CCCCCCC)CCCCCCC)OC(=O)OCCN(CC)CCN(CC)CC. The third kappa shape index (κ3) is 38.0. The minimum absolute atomic E-state index is 0.00456. The molecule has 0 aromatic heterocycles. The van der Waals surface area contributed by atoms with Crippen LogP contribution in [-0.4, -0.2) is 93.1 Å². The summed E-state index contributed by atoms with van der Waals surface area (Å²) in [5, 5.41) is 0. The normalized spacial score (nSPS) is 12.2. The van der Waals surface area contributed by atoms with Crippen LogP contribution < -0.4 is 0 Å². The highest BCUT2D eigenvalue weighted by Crippen LogP contribution is 2.23. The quantitative estimate of drug-likeness (QED) is 0.0336. The number of unbranched alkanes of at least 4 members (excludes halogenated alkanes) is 20. The molecule has 63 heavy (non-hydrogen) atoms. The smallest absolute Gasteiger partial charge is 0.465 e. The molecule has 1 unspecified atom stereocenters. The summed E-state index contributed by atoms with van der Waals surface area (Å²) in [5.74, 6) is 0.0195. The second-order valence-electron chi connectivity index (χ2n) is 18.5. The molecule has 374 valence electrons. The lowest BCUT2D eigenvalue weighted by Gasteiger charge is -2.25. The van der Waals surface area contributed by atoms with E-state index in [0.717, 1.165) is 129 Å². The van der Waals surface area contributed by atoms with Crippen LogP contribution in [0.25, 0.3) is 0 Å². The predicted octanol–water partition coefficient (Wildman–Crippen LogP) is 15.1. The number of nitrogens with zero attached hydrogens (tertiary/aromatic N) is 2. The molecule has 0 saturated carbocycles. The van der Waals surface area contributed by atoms with E-state index in [0.29, 0.717) is 32.8 Å². The van der Waals surface area contributed by atoms with Gasteiger partial charge in [-0.3, -0.25) is 14.5 Å². The van der Waals surface area contributed by atoms with E-state index in [9.17, 15) is 14.4 Å². The number of hydrogen-bond donors (Lipinski definition) is 0. The Hall–Kier alpha value is -1.87. The molecular formula is C54H106N2O7. The molecular weight excluding hydrogens is 789 g/mol. The maximum Gasteiger partial charge on any atom is 0.508 e. The van der Waals surface area contributed by atoms with Gasteiger partial charge in [0.1, 0.15) is 12.7 Å². The van der Waals surface area contributed by atoms with Crippen molar-refractivity contribution in [2.75, 3.05) is 59.1 Å². The highest BCUT2D eigenvalue weighted by atomic mass is 16.7. The van der Waals surface area contributed by atoms with Crippen LogP contribution in [0.2, 0.25) is 0 Å². The fraction of sp³-hybridized carbons (Fsp3) is 0.944. The Morgan fingerprint density at radius 3 is 1.08 bits per heavy atom. The van der Waals surface area contributed by atoms with Gasteiger partial charge >= 0.3 is 18.1 Å². The fourth-order valence-electron chi connectivity index (χ4n) is 8.56. The third-order valence-corrected chi connectivity index (χ3v) is 13.1. The van der Waals surface area contributed by atoms with Crippen molar-refractivity contribution >= 4 is 18.1 Å². The molecule has 1 atom stereocenters. The summed E-state index contributed by atoms with van der Waals surface area (Å²) in [4.78, 5) is 44.0. The van der Waals surface area contributed by atoms with Gasteiger partial charge in [-0.15, -0.1) is 0 Å². The van der Waals surface area contributed by atoms with E-state index in [4.69, 9.17) is 18.9 Å². The molecule has 0 aliphatic heterocycles. The van der Waals surface area contributed by atoms with Crippen molar-refractivity contribution < 1.29 is 33.3 Å². The van der Waals surface area contributed by atoms with Crippen LogP contribution in [0, 0.1) is 11.8 Å². The Labute approximate surface area is 391 Å². The van der Waals surface area contributed by atoms with E-state index in [2.05, 4.69) is 58.3 Å². The lowest BCUT2D eigenvalue weighted by atomic mass is 9.94. The zero-order chi connectivity index (χ0) is 46.4. The van der Waals surface area contributed by atoms with Crippen LogP contribution in [0.3, 0.4) is 0 Å². The van der Waals surface area contributed by atoms with Crippen molar-refractivity contribution in [3.8, 4) is 0 Å². The van der Waals surface area contributed by atoms with Gasteiger partial charge in [0.25, 0.3) is 0 Å². The minimum atomic E-state index is -0.593. The third-order valence-electron chi connectivity index (χ3n) is 13.1. The van der Waals surface area contributed by atoms with Crippen molar-refractivity contribution in [1.29, 1.82) is 0 Å². The largest absolute Gasteiger partial charge is 0.508 e. The summed E-state index contributed by atoms with van der Waals surface area (Å²) in [5.41, 5.74) is 0. The van der Waals surface area contributed by atoms with E-state index in [1.54, 1.807) is 0 Å². The van der Waals surface area contributed by atoms with Gasteiger partial charge in [0.05, 0.1) is 25.0 Å². The highest BCUT2D eigenvalue weighted by molar-refractivity contribution is 5.72. The average molecular weight is 895 g/mol. The number of likely N-dealkylation sites (N-methyl/N-ethyl adjacent to an activating group) is 2. The molecule has 0 aliphatic carbocycles. The second-order valence-corrected chi connectivity index (χ2v) is 18.5. The van der Waals surface area contributed by atoms with Gasteiger partial charge in [0, 0.05) is 19.6 Å². The standard InChI is InChI=1S/C54H106N2O7/c1-8-15-19-23-29-37-49(38-30-24-20-16-9-2)52(57)60-46-35-28-27-33-41-51(63-54(59)62-48-45-56(14-7)44-43-55(12-5)13-6)42-34-36-47-61-53(58)50(39-31-25-21-17-10-3)40-32-26-22-18-11-4/h49-51H,8-48H2,1-7H3. The van der Waals surface area contributed by atoms with E-state index in [1.807, 2.05) is 0 Å². The lowest BCUT2D eigenvalue weighted by Crippen LogP contribution is -2.37. The molecule has 0 amide bonds. The molecule has 9 nitrogen and oxygen atoms in total. The number of carbonyl (C=O) groups excluding carboxylic acids is 3. The molecule has 0 heterocycles. The number of rotatable bonds is 48. The molecule has 0 spiro atoms. The van der Waals surface area contributed by atoms with Gasteiger partial charge in [-0.05, 0) is 83.8 Å². The zero-order valence-corrected chi connectivity index (χ0v) is 43.0. The summed E-state index contributed by atoms with van der Waals surface area (Å²) in [6, 6.07) is 0. The van der Waals surface area contributed by atoms with Crippen LogP contribution in [-0.2, 0) is 28.5 Å². The predicted molar refractivity (Wildman–Crippen MR) is 265 cm³/mol. The van der Waals surface area contributed by atoms with E-state index in [-0.39, 0.29) is 29.9 Å².